The highest BCUT2D eigenvalue weighted by molar-refractivity contribution is 6.15. The summed E-state index contributed by atoms with van der Waals surface area (Å²) in [4.78, 5) is 38.1. The number of benzene rings is 1. The Labute approximate surface area is 164 Å². The summed E-state index contributed by atoms with van der Waals surface area (Å²) in [6.07, 6.45) is 5.27. The summed E-state index contributed by atoms with van der Waals surface area (Å²) in [6.45, 7) is 6.89. The van der Waals surface area contributed by atoms with Gasteiger partial charge in [0.2, 0.25) is 17.5 Å². The molecule has 28 heavy (non-hydrogen) atoms. The smallest absolute Gasteiger partial charge is 0.244 e. The van der Waals surface area contributed by atoms with Crippen LogP contribution in [0.25, 0.3) is 0 Å². The maximum Gasteiger partial charge on any atom is 0.244 e. The molecule has 1 saturated carbocycles. The van der Waals surface area contributed by atoms with Crippen LogP contribution in [0.4, 0.5) is 0 Å². The van der Waals surface area contributed by atoms with E-state index in [1.165, 1.54) is 13.8 Å². The molecule has 6 heteroatoms. The van der Waals surface area contributed by atoms with Gasteiger partial charge in [0.1, 0.15) is 5.75 Å². The highest BCUT2D eigenvalue weighted by Crippen LogP contribution is 2.58. The number of hydrogen-bond acceptors (Lipinski definition) is 4. The van der Waals surface area contributed by atoms with Gasteiger partial charge >= 0.3 is 0 Å². The average Bonchev–Trinajstić information content (AvgIpc) is 2.99. The fraction of sp³-hybridized carbons (Fsp3) is 0.409. The predicted octanol–water partition coefficient (Wildman–Crippen LogP) is 2.60. The Balaban J connectivity index is 2.04. The molecule has 6 nitrogen and oxygen atoms in total. The molecule has 2 amide bonds. The van der Waals surface area contributed by atoms with Gasteiger partial charge in [0.15, 0.2) is 11.3 Å². The van der Waals surface area contributed by atoms with Gasteiger partial charge in [0, 0.05) is 30.6 Å². The molecule has 2 aliphatic carbocycles. The van der Waals surface area contributed by atoms with Crippen LogP contribution in [0.2, 0.25) is 0 Å². The standard InChI is InChI=1S/C22H24N2O4/c1-12(2)15-9-10-18-19(11-15)28-22(24-14(4)26)17-8-6-5-7-16(17)20(27)21(18,22)23-13(3)25/h7-12H,5-6H2,1-4H3,(H,23,25)(H,24,26). The molecule has 1 aromatic carbocycles. The van der Waals surface area contributed by atoms with Crippen LogP contribution >= 0.6 is 0 Å². The molecule has 0 bridgehead atoms. The zero-order valence-corrected chi connectivity index (χ0v) is 16.5. The molecule has 2 atom stereocenters. The van der Waals surface area contributed by atoms with Crippen molar-refractivity contribution in [3.63, 3.8) is 0 Å². The Kier molecular flexibility index (Phi) is 4.00. The molecule has 1 aromatic rings. The lowest BCUT2D eigenvalue weighted by atomic mass is 9.81. The molecule has 0 aromatic heterocycles. The first kappa shape index (κ1) is 18.5. The van der Waals surface area contributed by atoms with Crippen molar-refractivity contribution in [1.29, 1.82) is 0 Å². The third kappa shape index (κ3) is 2.23. The normalized spacial score (nSPS) is 27.2. The molecule has 0 spiro atoms. The maximum absolute atomic E-state index is 13.7. The maximum atomic E-state index is 13.7. The molecule has 0 saturated heterocycles. The van der Waals surface area contributed by atoms with E-state index in [4.69, 9.17) is 4.74 Å². The highest BCUT2D eigenvalue weighted by Gasteiger charge is 2.74. The number of carbonyl (C=O) groups excluding carboxylic acids is 3. The van der Waals surface area contributed by atoms with Crippen LogP contribution in [-0.4, -0.2) is 23.3 Å². The number of carbonyl (C=O) groups is 3. The second kappa shape index (κ2) is 6.06. The van der Waals surface area contributed by atoms with Crippen molar-refractivity contribution in [3.8, 4) is 5.75 Å². The fourth-order valence-corrected chi connectivity index (χ4v) is 4.60. The topological polar surface area (TPSA) is 84.5 Å². The molecule has 146 valence electrons. The summed E-state index contributed by atoms with van der Waals surface area (Å²) in [6, 6.07) is 5.67. The van der Waals surface area contributed by atoms with Crippen molar-refractivity contribution in [2.45, 2.75) is 57.7 Å². The van der Waals surface area contributed by atoms with E-state index in [1.54, 1.807) is 0 Å². The zero-order chi connectivity index (χ0) is 20.3. The van der Waals surface area contributed by atoms with Crippen molar-refractivity contribution < 1.29 is 19.1 Å². The summed E-state index contributed by atoms with van der Waals surface area (Å²) in [5.74, 6) is -0.187. The van der Waals surface area contributed by atoms with Gasteiger partial charge in [-0.25, -0.2) is 0 Å². The fourth-order valence-electron chi connectivity index (χ4n) is 4.60. The summed E-state index contributed by atoms with van der Waals surface area (Å²) in [5, 5.41) is 5.75. The minimum Gasteiger partial charge on any atom is -0.460 e. The Morgan fingerprint density at radius 3 is 2.39 bits per heavy atom. The second-order valence-corrected chi connectivity index (χ2v) is 7.95. The summed E-state index contributed by atoms with van der Waals surface area (Å²) < 4.78 is 6.39. The molecule has 1 heterocycles. The lowest BCUT2D eigenvalue weighted by Crippen LogP contribution is -2.68. The molecule has 1 fully saturated rings. The molecular weight excluding hydrogens is 356 g/mol. The largest absolute Gasteiger partial charge is 0.460 e. The van der Waals surface area contributed by atoms with Gasteiger partial charge in [-0.3, -0.25) is 14.4 Å². The quantitative estimate of drug-likeness (QED) is 0.844. The number of hydrogen-bond donors (Lipinski definition) is 2. The number of rotatable bonds is 3. The van der Waals surface area contributed by atoms with E-state index in [9.17, 15) is 14.4 Å². The monoisotopic (exact) mass is 380 g/mol. The van der Waals surface area contributed by atoms with Gasteiger partial charge in [0.25, 0.3) is 0 Å². The minimum absolute atomic E-state index is 0.251. The molecule has 2 unspecified atom stereocenters. The predicted molar refractivity (Wildman–Crippen MR) is 104 cm³/mol. The van der Waals surface area contributed by atoms with Crippen molar-refractivity contribution in [1.82, 2.24) is 10.6 Å². The molecule has 1 aliphatic heterocycles. The van der Waals surface area contributed by atoms with E-state index in [1.807, 2.05) is 30.4 Å². The number of nitrogens with one attached hydrogen (secondary N) is 2. The van der Waals surface area contributed by atoms with E-state index in [0.29, 0.717) is 22.5 Å². The van der Waals surface area contributed by atoms with Gasteiger partial charge in [0.05, 0.1) is 0 Å². The second-order valence-electron chi connectivity index (χ2n) is 7.95. The Hall–Kier alpha value is -2.89. The van der Waals surface area contributed by atoms with E-state index in [-0.39, 0.29) is 23.5 Å². The summed E-state index contributed by atoms with van der Waals surface area (Å²) in [7, 11) is 0. The number of amides is 2. The highest BCUT2D eigenvalue weighted by atomic mass is 16.5. The Bertz CT molecular complexity index is 975. The SMILES string of the molecule is CC(=O)NC12Oc3cc(C(C)C)ccc3C1(NC(C)=O)C(=O)C1=CCCC=C12. The molecule has 4 rings (SSSR count). The van der Waals surface area contributed by atoms with Gasteiger partial charge in [-0.2, -0.15) is 0 Å². The summed E-state index contributed by atoms with van der Waals surface area (Å²) in [5.41, 5.74) is -0.247. The third-order valence-electron chi connectivity index (χ3n) is 5.70. The van der Waals surface area contributed by atoms with Crippen LogP contribution in [-0.2, 0) is 19.9 Å². The zero-order valence-electron chi connectivity index (χ0n) is 16.5. The van der Waals surface area contributed by atoms with E-state index >= 15 is 0 Å². The van der Waals surface area contributed by atoms with Gasteiger partial charge in [-0.15, -0.1) is 0 Å². The number of ether oxygens (including phenoxy) is 1. The summed E-state index contributed by atoms with van der Waals surface area (Å²) >= 11 is 0. The average molecular weight is 380 g/mol. The lowest BCUT2D eigenvalue weighted by molar-refractivity contribution is -0.137. The Morgan fingerprint density at radius 2 is 1.75 bits per heavy atom. The van der Waals surface area contributed by atoms with Crippen LogP contribution in [0, 0.1) is 0 Å². The molecular formula is C22H24N2O4. The van der Waals surface area contributed by atoms with Crippen molar-refractivity contribution in [2.75, 3.05) is 0 Å². The molecule has 3 aliphatic rings. The van der Waals surface area contributed by atoms with Gasteiger partial charge in [-0.05, 0) is 30.4 Å². The van der Waals surface area contributed by atoms with Crippen LogP contribution in [0.1, 0.15) is 57.6 Å². The van der Waals surface area contributed by atoms with Crippen LogP contribution in [0.3, 0.4) is 0 Å². The van der Waals surface area contributed by atoms with Crippen molar-refractivity contribution >= 4 is 17.6 Å². The van der Waals surface area contributed by atoms with Crippen LogP contribution < -0.4 is 15.4 Å². The first-order valence-corrected chi connectivity index (χ1v) is 9.60. The first-order chi connectivity index (χ1) is 13.2. The number of fused-ring (bicyclic) bond motifs is 5. The van der Waals surface area contributed by atoms with E-state index in [2.05, 4.69) is 24.5 Å². The number of Topliss-reactive ketones (excluding diaryl/α,β-unsaturated/α-hetero) is 1. The number of allylic oxidation sites excluding steroid dienone is 2. The molecule has 0 radical (unpaired) electrons. The molecule has 2 N–H and O–H groups in total. The van der Waals surface area contributed by atoms with Gasteiger partial charge in [-0.1, -0.05) is 38.1 Å². The van der Waals surface area contributed by atoms with Crippen molar-refractivity contribution in [2.24, 2.45) is 0 Å². The third-order valence-corrected chi connectivity index (χ3v) is 5.70. The number of ketones is 1. The van der Waals surface area contributed by atoms with Crippen molar-refractivity contribution in [3.05, 3.63) is 52.6 Å². The van der Waals surface area contributed by atoms with E-state index in [0.717, 1.165) is 18.4 Å². The first-order valence-electron chi connectivity index (χ1n) is 9.60. The lowest BCUT2D eigenvalue weighted by Gasteiger charge is -2.38. The van der Waals surface area contributed by atoms with Gasteiger partial charge < -0.3 is 15.4 Å². The van der Waals surface area contributed by atoms with Crippen LogP contribution in [0.15, 0.2) is 41.5 Å². The van der Waals surface area contributed by atoms with Crippen LogP contribution in [0.5, 0.6) is 5.75 Å². The Morgan fingerprint density at radius 1 is 1.07 bits per heavy atom. The minimum atomic E-state index is -1.52. The van der Waals surface area contributed by atoms with E-state index < -0.39 is 11.3 Å².